The lowest BCUT2D eigenvalue weighted by molar-refractivity contribution is -0.535. The van der Waals surface area contributed by atoms with Gasteiger partial charge in [-0.2, -0.15) is 5.10 Å². The number of aromatic nitrogens is 2. The van der Waals surface area contributed by atoms with Gasteiger partial charge in [-0.1, -0.05) is 0 Å². The Bertz CT molecular complexity index is 790. The third-order valence-corrected chi connectivity index (χ3v) is 4.36. The first kappa shape index (κ1) is 16.9. The standard InChI is InChI=1S/C17H23N7O/c1-2-24-16(18)15(11-20-24)21-13-7-6-12(10-14(13)22-17(19)25)23-8-4-3-5-9-23/h6-7,10-11H,2-5,8-9H2,1H3,(H4,18,19,20,22,25)/p+1. The van der Waals surface area contributed by atoms with Crippen LogP contribution in [0.4, 0.5) is 16.3 Å². The fourth-order valence-electron chi connectivity index (χ4n) is 3.06. The van der Waals surface area contributed by atoms with E-state index in [2.05, 4.69) is 20.0 Å². The second kappa shape index (κ2) is 7.33. The van der Waals surface area contributed by atoms with Crippen LogP contribution in [0.5, 0.6) is 0 Å². The molecule has 0 saturated carbocycles. The Hall–Kier alpha value is -2.90. The molecule has 1 aliphatic carbocycles. The first-order chi connectivity index (χ1) is 12.1. The van der Waals surface area contributed by atoms with Gasteiger partial charge in [0, 0.05) is 31.5 Å². The maximum absolute atomic E-state index is 11.4. The lowest BCUT2D eigenvalue weighted by Crippen LogP contribution is -2.34. The van der Waals surface area contributed by atoms with Gasteiger partial charge in [-0.3, -0.25) is 0 Å². The first-order valence-corrected chi connectivity index (χ1v) is 8.57. The monoisotopic (exact) mass is 342 g/mol. The number of allylic oxidation sites excluding steroid dienone is 3. The minimum atomic E-state index is -0.621. The van der Waals surface area contributed by atoms with Gasteiger partial charge >= 0.3 is 6.03 Å². The lowest BCUT2D eigenvalue weighted by atomic mass is 10.1. The normalized spacial score (nSPS) is 19.2. The highest BCUT2D eigenvalue weighted by Gasteiger charge is 2.21. The van der Waals surface area contributed by atoms with Crippen molar-refractivity contribution in [3.8, 4) is 0 Å². The molecule has 2 aliphatic rings. The van der Waals surface area contributed by atoms with Gasteiger partial charge in [0.25, 0.3) is 0 Å². The fourth-order valence-corrected chi connectivity index (χ4v) is 3.06. The molecule has 1 saturated heterocycles. The molecule has 8 heteroatoms. The van der Waals surface area contributed by atoms with Crippen LogP contribution >= 0.6 is 0 Å². The summed E-state index contributed by atoms with van der Waals surface area (Å²) in [5, 5.41) is 6.85. The highest BCUT2D eigenvalue weighted by molar-refractivity contribution is 6.21. The van der Waals surface area contributed by atoms with Crippen LogP contribution in [0.15, 0.2) is 35.1 Å². The molecule has 0 bridgehead atoms. The molecule has 0 unspecified atom stereocenters. The summed E-state index contributed by atoms with van der Waals surface area (Å²) in [4.78, 5) is 15.9. The number of urea groups is 1. The summed E-state index contributed by atoms with van der Waals surface area (Å²) in [6.07, 6.45) is 11.0. The number of hydrogen-bond donors (Lipinski definition) is 3. The van der Waals surface area contributed by atoms with Gasteiger partial charge < -0.3 is 16.8 Å². The summed E-state index contributed by atoms with van der Waals surface area (Å²) in [7, 11) is 0. The quantitative estimate of drug-likeness (QED) is 0.568. The van der Waals surface area contributed by atoms with Crippen molar-refractivity contribution in [2.75, 3.05) is 18.8 Å². The number of amides is 2. The number of hydrogen-bond acceptors (Lipinski definition) is 4. The number of nitrogens with zero attached hydrogens (tertiary/aromatic N) is 4. The third kappa shape index (κ3) is 3.78. The average molecular weight is 342 g/mol. The molecule has 0 spiro atoms. The van der Waals surface area contributed by atoms with Gasteiger partial charge in [0.15, 0.2) is 0 Å². The largest absolute Gasteiger partial charge is 0.382 e. The van der Waals surface area contributed by atoms with E-state index >= 15 is 0 Å². The SMILES string of the molecule is CCn1ncc(/N=C2/C=CC(=[N+]3CCCCC3)C=C2NC(N)=O)c1N. The third-order valence-electron chi connectivity index (χ3n) is 4.36. The van der Waals surface area contributed by atoms with Crippen molar-refractivity contribution in [3.63, 3.8) is 0 Å². The molecule has 1 aromatic rings. The van der Waals surface area contributed by atoms with Gasteiger partial charge in [0.2, 0.25) is 5.71 Å². The summed E-state index contributed by atoms with van der Waals surface area (Å²) in [5.41, 5.74) is 14.2. The van der Waals surface area contributed by atoms with E-state index in [9.17, 15) is 4.79 Å². The zero-order valence-electron chi connectivity index (χ0n) is 14.4. The summed E-state index contributed by atoms with van der Waals surface area (Å²) in [6, 6.07) is -0.621. The summed E-state index contributed by atoms with van der Waals surface area (Å²) < 4.78 is 3.98. The molecule has 132 valence electrons. The number of rotatable bonds is 3. The van der Waals surface area contributed by atoms with Crippen LogP contribution in [-0.2, 0) is 6.54 Å². The molecule has 1 fully saturated rings. The minimum absolute atomic E-state index is 0.493. The highest BCUT2D eigenvalue weighted by atomic mass is 16.2. The molecular formula is C17H24N7O+. The van der Waals surface area contributed by atoms with E-state index in [1.165, 1.54) is 19.3 Å². The number of nitrogens with one attached hydrogen (secondary N) is 1. The fraction of sp³-hybridized carbons (Fsp3) is 0.412. The van der Waals surface area contributed by atoms with Crippen LogP contribution in [0.1, 0.15) is 26.2 Å². The zero-order valence-corrected chi connectivity index (χ0v) is 14.4. The van der Waals surface area contributed by atoms with Crippen LogP contribution < -0.4 is 16.8 Å². The second-order valence-electron chi connectivity index (χ2n) is 6.08. The molecule has 0 atom stereocenters. The molecule has 0 radical (unpaired) electrons. The van der Waals surface area contributed by atoms with E-state index in [0.717, 1.165) is 18.8 Å². The number of nitrogens with two attached hydrogens (primary N) is 2. The topological polar surface area (TPSA) is 114 Å². The van der Waals surface area contributed by atoms with Crippen LogP contribution in [0.25, 0.3) is 0 Å². The van der Waals surface area contributed by atoms with Crippen LogP contribution in [0.3, 0.4) is 0 Å². The number of nitrogen functional groups attached to an aromatic ring is 1. The molecule has 3 rings (SSSR count). The van der Waals surface area contributed by atoms with Crippen molar-refractivity contribution in [3.05, 3.63) is 30.1 Å². The Morgan fingerprint density at radius 2 is 2.12 bits per heavy atom. The predicted octanol–water partition coefficient (Wildman–Crippen LogP) is 1.32. The number of aryl methyl sites for hydroxylation is 1. The summed E-state index contributed by atoms with van der Waals surface area (Å²) in [5.74, 6) is 0.493. The van der Waals surface area contributed by atoms with Gasteiger partial charge in [-0.15, -0.1) is 0 Å². The number of primary amides is 1. The predicted molar refractivity (Wildman–Crippen MR) is 98.2 cm³/mol. The van der Waals surface area contributed by atoms with Crippen molar-refractivity contribution in [2.45, 2.75) is 32.7 Å². The molecule has 25 heavy (non-hydrogen) atoms. The molecule has 2 heterocycles. The first-order valence-electron chi connectivity index (χ1n) is 8.57. The van der Waals surface area contributed by atoms with Crippen molar-refractivity contribution in [1.29, 1.82) is 0 Å². The summed E-state index contributed by atoms with van der Waals surface area (Å²) >= 11 is 0. The molecule has 2 amide bonds. The Balaban J connectivity index is 1.96. The van der Waals surface area contributed by atoms with E-state index in [0.29, 0.717) is 29.5 Å². The van der Waals surface area contributed by atoms with Crippen molar-refractivity contribution >= 4 is 29.0 Å². The Morgan fingerprint density at radius 1 is 1.36 bits per heavy atom. The molecule has 1 aromatic heterocycles. The van der Waals surface area contributed by atoms with E-state index in [1.54, 1.807) is 10.9 Å². The van der Waals surface area contributed by atoms with E-state index in [4.69, 9.17) is 11.5 Å². The summed E-state index contributed by atoms with van der Waals surface area (Å²) in [6.45, 7) is 4.66. The molecule has 1 aliphatic heterocycles. The van der Waals surface area contributed by atoms with Gasteiger partial charge in [0.05, 0.1) is 17.6 Å². The lowest BCUT2D eigenvalue weighted by Gasteiger charge is -2.15. The average Bonchev–Trinajstić information content (AvgIpc) is 2.96. The zero-order chi connectivity index (χ0) is 17.8. The smallest absolute Gasteiger partial charge is 0.316 e. The molecule has 8 nitrogen and oxygen atoms in total. The molecular weight excluding hydrogens is 318 g/mol. The minimum Gasteiger partial charge on any atom is -0.382 e. The van der Waals surface area contributed by atoms with Crippen LogP contribution in [-0.4, -0.2) is 44.9 Å². The van der Waals surface area contributed by atoms with Gasteiger partial charge in [-0.05, 0) is 19.4 Å². The number of piperidine rings is 1. The number of aliphatic imine (C=N–C) groups is 1. The van der Waals surface area contributed by atoms with Gasteiger partial charge in [-0.25, -0.2) is 19.0 Å². The Labute approximate surface area is 146 Å². The number of carbonyl (C=O) groups is 1. The van der Waals surface area contributed by atoms with Crippen LogP contribution in [0, 0.1) is 0 Å². The second-order valence-corrected chi connectivity index (χ2v) is 6.08. The van der Waals surface area contributed by atoms with Crippen LogP contribution in [0.2, 0.25) is 0 Å². The maximum atomic E-state index is 11.4. The number of anilines is 1. The van der Waals surface area contributed by atoms with E-state index < -0.39 is 6.03 Å². The van der Waals surface area contributed by atoms with Crippen molar-refractivity contribution in [1.82, 2.24) is 15.1 Å². The van der Waals surface area contributed by atoms with E-state index in [1.807, 2.05) is 25.2 Å². The molecule has 0 aromatic carbocycles. The maximum Gasteiger partial charge on any atom is 0.316 e. The van der Waals surface area contributed by atoms with Crippen molar-refractivity contribution in [2.24, 2.45) is 10.7 Å². The van der Waals surface area contributed by atoms with Crippen molar-refractivity contribution < 1.29 is 9.37 Å². The highest BCUT2D eigenvalue weighted by Crippen LogP contribution is 2.23. The Morgan fingerprint density at radius 3 is 2.76 bits per heavy atom. The number of carbonyl (C=O) groups excluding carboxylic acids is 1. The molecule has 5 N–H and O–H groups in total. The van der Waals surface area contributed by atoms with Gasteiger partial charge in [0.1, 0.15) is 24.6 Å². The van der Waals surface area contributed by atoms with E-state index in [-0.39, 0.29) is 0 Å². The Kier molecular flexibility index (Phi) is 4.97.